The number of benzene rings is 3. The molecular formula is C25H27N3O6S. The summed E-state index contributed by atoms with van der Waals surface area (Å²) in [5.41, 5.74) is 4.08. The van der Waals surface area contributed by atoms with Crippen molar-refractivity contribution in [1.82, 2.24) is 5.43 Å². The fourth-order valence-corrected chi connectivity index (χ4v) is 4.68. The van der Waals surface area contributed by atoms with Crippen molar-refractivity contribution >= 4 is 27.8 Å². The third-order valence-electron chi connectivity index (χ3n) is 5.08. The van der Waals surface area contributed by atoms with E-state index >= 15 is 0 Å². The van der Waals surface area contributed by atoms with Crippen molar-refractivity contribution in [3.63, 3.8) is 0 Å². The summed E-state index contributed by atoms with van der Waals surface area (Å²) in [5, 5.41) is 3.97. The van der Waals surface area contributed by atoms with E-state index < -0.39 is 22.5 Å². The Kier molecular flexibility index (Phi) is 8.32. The number of amides is 1. The van der Waals surface area contributed by atoms with Gasteiger partial charge in [0, 0.05) is 5.56 Å². The second kappa shape index (κ2) is 11.4. The maximum atomic E-state index is 13.5. The molecule has 3 aromatic rings. The van der Waals surface area contributed by atoms with Crippen LogP contribution in [0.2, 0.25) is 0 Å². The van der Waals surface area contributed by atoms with Gasteiger partial charge in [-0.15, -0.1) is 0 Å². The molecular weight excluding hydrogens is 470 g/mol. The number of ether oxygens (including phenoxy) is 3. The number of carbonyl (C=O) groups is 1. The van der Waals surface area contributed by atoms with E-state index in [1.165, 1.54) is 39.7 Å². The second-order valence-electron chi connectivity index (χ2n) is 7.40. The van der Waals surface area contributed by atoms with E-state index in [9.17, 15) is 13.2 Å². The highest BCUT2D eigenvalue weighted by molar-refractivity contribution is 7.92. The number of hydrogen-bond acceptors (Lipinski definition) is 7. The number of hydrogen-bond donors (Lipinski definition) is 1. The van der Waals surface area contributed by atoms with E-state index in [4.69, 9.17) is 14.2 Å². The minimum absolute atomic E-state index is 0.0476. The van der Waals surface area contributed by atoms with Gasteiger partial charge in [-0.1, -0.05) is 29.8 Å². The third-order valence-corrected chi connectivity index (χ3v) is 6.85. The second-order valence-corrected chi connectivity index (χ2v) is 9.26. The molecule has 0 radical (unpaired) electrons. The predicted octanol–water partition coefficient (Wildman–Crippen LogP) is 3.37. The molecule has 3 aromatic carbocycles. The summed E-state index contributed by atoms with van der Waals surface area (Å²) >= 11 is 0. The first-order valence-electron chi connectivity index (χ1n) is 10.6. The van der Waals surface area contributed by atoms with Crippen molar-refractivity contribution in [1.29, 1.82) is 0 Å². The molecule has 1 N–H and O–H groups in total. The fourth-order valence-electron chi connectivity index (χ4n) is 3.25. The van der Waals surface area contributed by atoms with E-state index in [-0.39, 0.29) is 10.6 Å². The predicted molar refractivity (Wildman–Crippen MR) is 134 cm³/mol. The minimum Gasteiger partial charge on any atom is -0.497 e. The molecule has 0 saturated heterocycles. The van der Waals surface area contributed by atoms with Gasteiger partial charge in [0.15, 0.2) is 0 Å². The molecule has 0 aliphatic carbocycles. The Morgan fingerprint density at radius 2 is 1.63 bits per heavy atom. The van der Waals surface area contributed by atoms with Crippen molar-refractivity contribution in [2.45, 2.75) is 11.8 Å². The van der Waals surface area contributed by atoms with Gasteiger partial charge in [0.2, 0.25) is 0 Å². The lowest BCUT2D eigenvalue weighted by atomic mass is 10.2. The monoisotopic (exact) mass is 497 g/mol. The van der Waals surface area contributed by atoms with Crippen LogP contribution in [-0.2, 0) is 14.8 Å². The lowest BCUT2D eigenvalue weighted by Crippen LogP contribution is -2.39. The molecule has 0 spiro atoms. The molecule has 0 atom stereocenters. The quantitative estimate of drug-likeness (QED) is 0.340. The molecule has 0 bridgehead atoms. The lowest BCUT2D eigenvalue weighted by molar-refractivity contribution is -0.119. The molecule has 1 amide bonds. The molecule has 184 valence electrons. The number of anilines is 1. The Morgan fingerprint density at radius 3 is 2.29 bits per heavy atom. The van der Waals surface area contributed by atoms with Crippen LogP contribution in [0.3, 0.4) is 0 Å². The highest BCUT2D eigenvalue weighted by Gasteiger charge is 2.29. The first kappa shape index (κ1) is 25.6. The summed E-state index contributed by atoms with van der Waals surface area (Å²) in [5.74, 6) is 0.775. The number of sulfonamides is 1. The molecule has 0 aromatic heterocycles. The van der Waals surface area contributed by atoms with Crippen molar-refractivity contribution in [3.8, 4) is 17.2 Å². The maximum Gasteiger partial charge on any atom is 0.264 e. The number of aryl methyl sites for hydroxylation is 1. The zero-order valence-corrected chi connectivity index (χ0v) is 20.7. The molecule has 35 heavy (non-hydrogen) atoms. The summed E-state index contributed by atoms with van der Waals surface area (Å²) in [6.07, 6.45) is 1.39. The zero-order valence-electron chi connectivity index (χ0n) is 19.9. The van der Waals surface area contributed by atoms with Gasteiger partial charge >= 0.3 is 0 Å². The number of rotatable bonds is 10. The van der Waals surface area contributed by atoms with E-state index in [2.05, 4.69) is 10.5 Å². The van der Waals surface area contributed by atoms with Crippen molar-refractivity contribution in [2.24, 2.45) is 5.10 Å². The third kappa shape index (κ3) is 6.10. The molecule has 10 heteroatoms. The first-order chi connectivity index (χ1) is 16.8. The van der Waals surface area contributed by atoms with E-state index in [1.54, 1.807) is 54.6 Å². The smallest absolute Gasteiger partial charge is 0.264 e. The van der Waals surface area contributed by atoms with Gasteiger partial charge in [-0.2, -0.15) is 5.10 Å². The van der Waals surface area contributed by atoms with Crippen molar-refractivity contribution in [2.75, 3.05) is 32.2 Å². The number of nitrogens with zero attached hydrogens (tertiary/aromatic N) is 2. The highest BCUT2D eigenvalue weighted by atomic mass is 32.2. The molecule has 9 nitrogen and oxygen atoms in total. The van der Waals surface area contributed by atoms with Gasteiger partial charge in [0.25, 0.3) is 15.9 Å². The molecule has 0 heterocycles. The summed E-state index contributed by atoms with van der Waals surface area (Å²) in [4.78, 5) is 12.8. The molecule has 0 fully saturated rings. The van der Waals surface area contributed by atoms with E-state index in [0.29, 0.717) is 22.8 Å². The Hall–Kier alpha value is -4.05. The number of carbonyl (C=O) groups excluding carboxylic acids is 1. The van der Waals surface area contributed by atoms with Crippen molar-refractivity contribution < 1.29 is 27.4 Å². The average molecular weight is 498 g/mol. The number of hydrazone groups is 1. The van der Waals surface area contributed by atoms with Gasteiger partial charge in [-0.25, -0.2) is 13.8 Å². The molecule has 3 rings (SSSR count). The summed E-state index contributed by atoms with van der Waals surface area (Å²) < 4.78 is 43.9. The normalized spacial score (nSPS) is 11.2. The van der Waals surface area contributed by atoms with Gasteiger partial charge in [-0.05, 0) is 49.4 Å². The SMILES string of the molecule is COc1ccc(OC)c(/C=N\NC(=O)CN(c2ccccc2OC)S(=O)(=O)c2ccc(C)cc2)c1. The van der Waals surface area contributed by atoms with Crippen LogP contribution in [0.15, 0.2) is 76.7 Å². The number of nitrogens with one attached hydrogen (secondary N) is 1. The van der Waals surface area contributed by atoms with Gasteiger partial charge in [0.05, 0.1) is 38.1 Å². The van der Waals surface area contributed by atoms with E-state index in [0.717, 1.165) is 9.87 Å². The lowest BCUT2D eigenvalue weighted by Gasteiger charge is -2.25. The number of para-hydroxylation sites is 2. The van der Waals surface area contributed by atoms with Crippen LogP contribution in [0.5, 0.6) is 17.2 Å². The Balaban J connectivity index is 1.89. The van der Waals surface area contributed by atoms with Crippen LogP contribution < -0.4 is 23.9 Å². The summed E-state index contributed by atoms with van der Waals surface area (Å²) in [6.45, 7) is 1.33. The van der Waals surface area contributed by atoms with Gasteiger partial charge < -0.3 is 14.2 Å². The largest absolute Gasteiger partial charge is 0.497 e. The minimum atomic E-state index is -4.09. The summed E-state index contributed by atoms with van der Waals surface area (Å²) in [7, 11) is 0.386. The summed E-state index contributed by atoms with van der Waals surface area (Å²) in [6, 6.07) is 18.1. The molecule has 0 aliphatic rings. The van der Waals surface area contributed by atoms with Crippen LogP contribution in [0, 0.1) is 6.92 Å². The van der Waals surface area contributed by atoms with Gasteiger partial charge in [-0.3, -0.25) is 9.10 Å². The van der Waals surface area contributed by atoms with E-state index in [1.807, 2.05) is 6.92 Å². The van der Waals surface area contributed by atoms with Crippen LogP contribution in [0.4, 0.5) is 5.69 Å². The molecule has 0 aliphatic heterocycles. The number of methoxy groups -OCH3 is 3. The molecule has 0 unspecified atom stereocenters. The topological polar surface area (TPSA) is 107 Å². The average Bonchev–Trinajstić information content (AvgIpc) is 2.87. The van der Waals surface area contributed by atoms with Crippen LogP contribution in [-0.4, -0.2) is 48.4 Å². The van der Waals surface area contributed by atoms with Crippen LogP contribution in [0.25, 0.3) is 0 Å². The fraction of sp³-hybridized carbons (Fsp3) is 0.200. The Labute approximate surface area is 205 Å². The Morgan fingerprint density at radius 1 is 0.943 bits per heavy atom. The standard InChI is InChI=1S/C25H27N3O6S/c1-18-9-12-21(13-10-18)35(30,31)28(22-7-5-6-8-24(22)34-4)17-25(29)27-26-16-19-15-20(32-2)11-14-23(19)33-3/h5-16H,17H2,1-4H3,(H,27,29)/b26-16-. The van der Waals surface area contributed by atoms with Crippen LogP contribution in [0.1, 0.15) is 11.1 Å². The van der Waals surface area contributed by atoms with Crippen molar-refractivity contribution in [3.05, 3.63) is 77.9 Å². The van der Waals surface area contributed by atoms with Crippen LogP contribution >= 0.6 is 0 Å². The maximum absolute atomic E-state index is 13.5. The Bertz CT molecular complexity index is 1310. The zero-order chi connectivity index (χ0) is 25.4. The molecule has 0 saturated carbocycles. The first-order valence-corrected chi connectivity index (χ1v) is 12.0. The highest BCUT2D eigenvalue weighted by Crippen LogP contribution is 2.32. The van der Waals surface area contributed by atoms with Gasteiger partial charge in [0.1, 0.15) is 23.8 Å².